The summed E-state index contributed by atoms with van der Waals surface area (Å²) in [5.74, 6) is -0.355. The van der Waals surface area contributed by atoms with E-state index in [0.29, 0.717) is 21.8 Å². The van der Waals surface area contributed by atoms with Gasteiger partial charge in [-0.15, -0.1) is 0 Å². The van der Waals surface area contributed by atoms with E-state index in [1.54, 1.807) is 48.7 Å². The number of hydrogen-bond donors (Lipinski definition) is 2. The maximum Gasteiger partial charge on any atom is 0.255 e. The molecule has 0 spiro atoms. The Bertz CT molecular complexity index is 1480. The van der Waals surface area contributed by atoms with Crippen LogP contribution in [0.4, 0.5) is 0 Å². The molecule has 0 bridgehead atoms. The molecule has 3 aromatic carbocycles. The number of fused-ring (bicyclic) bond motifs is 1. The minimum Gasteiger partial charge on any atom is -0.347 e. The van der Waals surface area contributed by atoms with Crippen LogP contribution in [0.5, 0.6) is 0 Å². The second-order valence-corrected chi connectivity index (χ2v) is 9.54. The molecule has 0 saturated heterocycles. The van der Waals surface area contributed by atoms with Gasteiger partial charge in [0.05, 0.1) is 0 Å². The van der Waals surface area contributed by atoms with E-state index in [4.69, 9.17) is 11.6 Å². The molecule has 1 saturated carbocycles. The highest BCUT2D eigenvalue weighted by Crippen LogP contribution is 2.23. The average Bonchev–Trinajstić information content (AvgIpc) is 2.90. The maximum absolute atomic E-state index is 13.0. The molecule has 2 amide bonds. The first-order chi connectivity index (χ1) is 17.5. The molecule has 6 nitrogen and oxygen atoms in total. The van der Waals surface area contributed by atoms with Gasteiger partial charge in [0.1, 0.15) is 0 Å². The fourth-order valence-electron chi connectivity index (χ4n) is 4.75. The number of hydrogen-bond acceptors (Lipinski definition) is 3. The monoisotopic (exact) mass is 499 g/mol. The normalized spacial score (nSPS) is 17.5. The van der Waals surface area contributed by atoms with Crippen molar-refractivity contribution < 1.29 is 9.59 Å². The summed E-state index contributed by atoms with van der Waals surface area (Å²) in [6.45, 7) is 0. The predicted molar refractivity (Wildman–Crippen MR) is 142 cm³/mol. The highest BCUT2D eigenvalue weighted by molar-refractivity contribution is 6.31. The Morgan fingerprint density at radius 1 is 0.750 bits per heavy atom. The van der Waals surface area contributed by atoms with Crippen molar-refractivity contribution in [1.82, 2.24) is 15.2 Å². The van der Waals surface area contributed by atoms with Crippen molar-refractivity contribution in [2.75, 3.05) is 0 Å². The van der Waals surface area contributed by atoms with Crippen LogP contribution in [0.3, 0.4) is 0 Å². The molecule has 7 heteroatoms. The first-order valence-electron chi connectivity index (χ1n) is 12.1. The molecule has 2 N–H and O–H groups in total. The summed E-state index contributed by atoms with van der Waals surface area (Å²) in [6, 6.07) is 22.7. The average molecular weight is 500 g/mol. The summed E-state index contributed by atoms with van der Waals surface area (Å²) in [5.41, 5.74) is 1.64. The number of amides is 2. The summed E-state index contributed by atoms with van der Waals surface area (Å²) in [7, 11) is 0. The second-order valence-electron chi connectivity index (χ2n) is 9.11. The third-order valence-corrected chi connectivity index (χ3v) is 6.93. The van der Waals surface area contributed by atoms with Crippen LogP contribution in [0.25, 0.3) is 16.5 Å². The summed E-state index contributed by atoms with van der Waals surface area (Å²) >= 11 is 6.07. The van der Waals surface area contributed by atoms with E-state index >= 15 is 0 Å². The molecule has 36 heavy (non-hydrogen) atoms. The van der Waals surface area contributed by atoms with Crippen LogP contribution < -0.4 is 16.2 Å². The first kappa shape index (κ1) is 23.8. The lowest BCUT2D eigenvalue weighted by Gasteiger charge is -2.33. The van der Waals surface area contributed by atoms with Crippen LogP contribution in [-0.4, -0.2) is 28.5 Å². The number of carbonyl (C=O) groups is 2. The lowest BCUT2D eigenvalue weighted by atomic mass is 9.89. The van der Waals surface area contributed by atoms with Gasteiger partial charge in [0.2, 0.25) is 0 Å². The minimum atomic E-state index is -0.198. The highest BCUT2D eigenvalue weighted by Gasteiger charge is 2.28. The third kappa shape index (κ3) is 5.19. The number of nitrogens with zero attached hydrogens (tertiary/aromatic N) is 1. The Morgan fingerprint density at radius 2 is 1.36 bits per heavy atom. The highest BCUT2D eigenvalue weighted by atomic mass is 35.5. The fourth-order valence-corrected chi connectivity index (χ4v) is 4.93. The van der Waals surface area contributed by atoms with E-state index in [1.807, 2.05) is 30.3 Å². The molecule has 1 aromatic heterocycles. The van der Waals surface area contributed by atoms with Gasteiger partial charge in [-0.3, -0.25) is 19.0 Å². The zero-order chi connectivity index (χ0) is 25.1. The Kier molecular flexibility index (Phi) is 6.87. The smallest absolute Gasteiger partial charge is 0.255 e. The molecule has 0 radical (unpaired) electrons. The zero-order valence-corrected chi connectivity index (χ0v) is 20.4. The molecule has 1 aliphatic carbocycles. The Balaban J connectivity index is 1.27. The van der Waals surface area contributed by atoms with Crippen molar-refractivity contribution in [2.24, 2.45) is 0 Å². The molecule has 2 atom stereocenters. The van der Waals surface area contributed by atoms with Crippen LogP contribution in [0.2, 0.25) is 5.02 Å². The maximum atomic E-state index is 13.0. The standard InChI is InChI=1S/C29H26ClN3O3/c30-23-13-10-20-17-22(9-8-21(20)18-23)29(36)32-26-6-2-1-5-25(26)31-28(35)19-11-14-24(15-12-19)33-16-4-3-7-27(33)34/h3-4,7-18,25-26H,1-2,5-6H2,(H,31,35)(H,32,36)/t25-,26+/m0/s1. The van der Waals surface area contributed by atoms with E-state index in [2.05, 4.69) is 10.6 Å². The number of nitrogens with one attached hydrogen (secondary N) is 2. The number of rotatable bonds is 5. The van der Waals surface area contributed by atoms with Crippen molar-refractivity contribution >= 4 is 34.2 Å². The Labute approximate surface area is 213 Å². The van der Waals surface area contributed by atoms with Crippen LogP contribution in [-0.2, 0) is 0 Å². The van der Waals surface area contributed by atoms with Crippen molar-refractivity contribution in [3.8, 4) is 5.69 Å². The molecular formula is C29H26ClN3O3. The number of aromatic nitrogens is 1. The lowest BCUT2D eigenvalue weighted by Crippen LogP contribution is -2.53. The number of benzene rings is 3. The van der Waals surface area contributed by atoms with Crippen LogP contribution in [0, 0.1) is 0 Å². The van der Waals surface area contributed by atoms with Gasteiger partial charge in [0.15, 0.2) is 0 Å². The predicted octanol–water partition coefficient (Wildman–Crippen LogP) is 5.12. The molecule has 182 valence electrons. The van der Waals surface area contributed by atoms with Gasteiger partial charge in [-0.2, -0.15) is 0 Å². The number of pyridine rings is 1. The van der Waals surface area contributed by atoms with Gasteiger partial charge in [0, 0.05) is 46.2 Å². The van der Waals surface area contributed by atoms with E-state index in [0.717, 1.165) is 36.5 Å². The summed E-state index contributed by atoms with van der Waals surface area (Å²) in [5, 5.41) is 8.83. The summed E-state index contributed by atoms with van der Waals surface area (Å²) < 4.78 is 1.52. The molecule has 5 rings (SSSR count). The van der Waals surface area contributed by atoms with Gasteiger partial charge >= 0.3 is 0 Å². The first-order valence-corrected chi connectivity index (χ1v) is 12.4. The van der Waals surface area contributed by atoms with Gasteiger partial charge < -0.3 is 10.6 Å². The van der Waals surface area contributed by atoms with Crippen molar-refractivity contribution in [1.29, 1.82) is 0 Å². The van der Waals surface area contributed by atoms with Gasteiger partial charge in [0.25, 0.3) is 17.4 Å². The number of halogens is 1. The van der Waals surface area contributed by atoms with E-state index in [-0.39, 0.29) is 29.5 Å². The van der Waals surface area contributed by atoms with Crippen LogP contribution in [0.1, 0.15) is 46.4 Å². The van der Waals surface area contributed by atoms with Crippen molar-refractivity contribution in [3.63, 3.8) is 0 Å². The van der Waals surface area contributed by atoms with E-state index in [1.165, 1.54) is 10.6 Å². The van der Waals surface area contributed by atoms with Crippen LogP contribution in [0.15, 0.2) is 89.9 Å². The summed E-state index contributed by atoms with van der Waals surface area (Å²) in [6.07, 6.45) is 5.27. The Hall–Kier alpha value is -3.90. The topological polar surface area (TPSA) is 80.2 Å². The SMILES string of the molecule is O=C(N[C@H]1CCCC[C@H]1NC(=O)c1ccc2cc(Cl)ccc2c1)c1ccc(-n2ccccc2=O)cc1. The Morgan fingerprint density at radius 3 is 2.06 bits per heavy atom. The quantitative estimate of drug-likeness (QED) is 0.400. The molecular weight excluding hydrogens is 474 g/mol. The number of carbonyl (C=O) groups excluding carboxylic acids is 2. The van der Waals surface area contributed by atoms with Gasteiger partial charge in [-0.1, -0.05) is 42.6 Å². The summed E-state index contributed by atoms with van der Waals surface area (Å²) in [4.78, 5) is 38.1. The van der Waals surface area contributed by atoms with Crippen LogP contribution >= 0.6 is 11.6 Å². The molecule has 0 unspecified atom stereocenters. The van der Waals surface area contributed by atoms with E-state index < -0.39 is 0 Å². The lowest BCUT2D eigenvalue weighted by molar-refractivity contribution is 0.0863. The third-order valence-electron chi connectivity index (χ3n) is 6.69. The largest absolute Gasteiger partial charge is 0.347 e. The molecule has 4 aromatic rings. The molecule has 1 fully saturated rings. The molecule has 1 heterocycles. The second kappa shape index (κ2) is 10.4. The van der Waals surface area contributed by atoms with Crippen molar-refractivity contribution in [3.05, 3.63) is 112 Å². The minimum absolute atomic E-state index is 0.134. The zero-order valence-electron chi connectivity index (χ0n) is 19.6. The van der Waals surface area contributed by atoms with Gasteiger partial charge in [-0.05, 0) is 78.2 Å². The molecule has 0 aliphatic heterocycles. The fraction of sp³-hybridized carbons (Fsp3) is 0.207. The van der Waals surface area contributed by atoms with E-state index in [9.17, 15) is 14.4 Å². The van der Waals surface area contributed by atoms with Crippen molar-refractivity contribution in [2.45, 2.75) is 37.8 Å². The molecule has 1 aliphatic rings. The van der Waals surface area contributed by atoms with Gasteiger partial charge in [-0.25, -0.2) is 0 Å².